The third kappa shape index (κ3) is 3.60. The van der Waals surface area contributed by atoms with Gasteiger partial charge in [-0.1, -0.05) is 0 Å². The molecule has 17 heavy (non-hydrogen) atoms. The number of halogens is 1. The Morgan fingerprint density at radius 2 is 2.24 bits per heavy atom. The van der Waals surface area contributed by atoms with E-state index in [0.29, 0.717) is 23.5 Å². The summed E-state index contributed by atoms with van der Waals surface area (Å²) in [6.07, 6.45) is 0.0873. The van der Waals surface area contributed by atoms with E-state index in [1.54, 1.807) is 26.2 Å². The summed E-state index contributed by atoms with van der Waals surface area (Å²) in [6.45, 7) is 2.08. The Hall–Kier alpha value is -1.29. The van der Waals surface area contributed by atoms with Crippen molar-refractivity contribution in [2.24, 2.45) is 0 Å². The van der Waals surface area contributed by atoms with E-state index in [1.807, 2.05) is 0 Å². The Morgan fingerprint density at radius 1 is 1.53 bits per heavy atom. The Labute approximate surface area is 114 Å². The van der Waals surface area contributed by atoms with Crippen molar-refractivity contribution < 1.29 is 14.3 Å². The zero-order valence-corrected chi connectivity index (χ0v) is 11.8. The van der Waals surface area contributed by atoms with Gasteiger partial charge in [-0.25, -0.2) is 0 Å². The summed E-state index contributed by atoms with van der Waals surface area (Å²) in [5.41, 5.74) is 1.10. The van der Waals surface area contributed by atoms with Crippen LogP contribution in [0.3, 0.4) is 0 Å². The van der Waals surface area contributed by atoms with Gasteiger partial charge >= 0.3 is 5.97 Å². The molecule has 0 aliphatic carbocycles. The minimum atomic E-state index is -0.340. The van der Waals surface area contributed by atoms with E-state index < -0.39 is 0 Å². The van der Waals surface area contributed by atoms with Gasteiger partial charge in [0.1, 0.15) is 5.75 Å². The van der Waals surface area contributed by atoms with E-state index in [2.05, 4.69) is 28.7 Å². The molecule has 0 fully saturated rings. The number of ether oxygens (including phenoxy) is 2. The van der Waals surface area contributed by atoms with Gasteiger partial charge in [0.15, 0.2) is 0 Å². The zero-order valence-electron chi connectivity index (χ0n) is 9.62. The minimum absolute atomic E-state index is 0.0873. The van der Waals surface area contributed by atoms with Crippen LogP contribution in [0.2, 0.25) is 0 Å². The van der Waals surface area contributed by atoms with E-state index in [4.69, 9.17) is 14.7 Å². The molecule has 0 heterocycles. The molecule has 1 aromatic rings. The number of nitrogens with zero attached hydrogens (tertiary/aromatic N) is 1. The van der Waals surface area contributed by atoms with Crippen LogP contribution in [0.5, 0.6) is 5.75 Å². The molecular weight excluding hydrogens is 333 g/mol. The highest BCUT2D eigenvalue weighted by atomic mass is 127. The molecule has 0 saturated carbocycles. The first-order valence-corrected chi connectivity index (χ1v) is 6.12. The number of hydrogen-bond donors (Lipinski definition) is 0. The van der Waals surface area contributed by atoms with E-state index in [1.165, 1.54) is 0 Å². The Bertz CT molecular complexity index is 466. The van der Waals surface area contributed by atoms with Gasteiger partial charge in [0.2, 0.25) is 0 Å². The maximum atomic E-state index is 11.4. The van der Waals surface area contributed by atoms with Crippen LogP contribution < -0.4 is 4.74 Å². The topological polar surface area (TPSA) is 59.3 Å². The Kier molecular flexibility index (Phi) is 5.22. The summed E-state index contributed by atoms with van der Waals surface area (Å²) in [4.78, 5) is 11.4. The molecule has 0 N–H and O–H groups in total. The lowest BCUT2D eigenvalue weighted by Crippen LogP contribution is -2.09. The van der Waals surface area contributed by atoms with Crippen molar-refractivity contribution in [3.8, 4) is 11.8 Å². The summed E-state index contributed by atoms with van der Waals surface area (Å²) < 4.78 is 10.9. The number of esters is 1. The maximum Gasteiger partial charge on any atom is 0.310 e. The molecule has 0 amide bonds. The lowest BCUT2D eigenvalue weighted by atomic mass is 10.1. The van der Waals surface area contributed by atoms with Gasteiger partial charge in [0.05, 0.1) is 35.3 Å². The third-order valence-electron chi connectivity index (χ3n) is 2.14. The highest BCUT2D eigenvalue weighted by molar-refractivity contribution is 14.1. The quantitative estimate of drug-likeness (QED) is 0.621. The highest BCUT2D eigenvalue weighted by Gasteiger charge is 2.12. The van der Waals surface area contributed by atoms with Crippen molar-refractivity contribution >= 4 is 28.6 Å². The van der Waals surface area contributed by atoms with Crippen molar-refractivity contribution in [1.82, 2.24) is 0 Å². The average Bonchev–Trinajstić information content (AvgIpc) is 2.31. The fraction of sp³-hybridized carbons (Fsp3) is 0.333. The van der Waals surface area contributed by atoms with Crippen molar-refractivity contribution in [2.75, 3.05) is 13.7 Å². The van der Waals surface area contributed by atoms with E-state index in [-0.39, 0.29) is 12.4 Å². The first-order chi connectivity index (χ1) is 8.12. The SMILES string of the molecule is CCOC(=O)Cc1cc(OC)c(I)cc1C#N. The van der Waals surface area contributed by atoms with Gasteiger partial charge in [0, 0.05) is 0 Å². The first-order valence-electron chi connectivity index (χ1n) is 5.04. The van der Waals surface area contributed by atoms with Crippen LogP contribution in [0.4, 0.5) is 0 Å². The highest BCUT2D eigenvalue weighted by Crippen LogP contribution is 2.25. The standard InChI is InChI=1S/C12H12INO3/c1-3-17-12(15)6-8-5-11(16-2)10(13)4-9(8)7-14/h4-5H,3,6H2,1-2H3. The summed E-state index contributed by atoms with van der Waals surface area (Å²) in [5.74, 6) is 0.316. The summed E-state index contributed by atoms with van der Waals surface area (Å²) in [7, 11) is 1.55. The normalized spacial score (nSPS) is 9.53. The van der Waals surface area contributed by atoms with Crippen molar-refractivity contribution in [3.63, 3.8) is 0 Å². The van der Waals surface area contributed by atoms with E-state index in [0.717, 1.165) is 3.57 Å². The van der Waals surface area contributed by atoms with Gasteiger partial charge in [-0.15, -0.1) is 0 Å². The number of benzene rings is 1. The monoisotopic (exact) mass is 345 g/mol. The lowest BCUT2D eigenvalue weighted by molar-refractivity contribution is -0.142. The molecule has 4 nitrogen and oxygen atoms in total. The predicted molar refractivity (Wildman–Crippen MR) is 70.8 cm³/mol. The maximum absolute atomic E-state index is 11.4. The molecule has 0 bridgehead atoms. The molecule has 0 saturated heterocycles. The first kappa shape index (κ1) is 13.8. The Morgan fingerprint density at radius 3 is 2.76 bits per heavy atom. The number of rotatable bonds is 4. The average molecular weight is 345 g/mol. The van der Waals surface area contributed by atoms with Crippen LogP contribution in [0.25, 0.3) is 0 Å². The molecule has 0 atom stereocenters. The van der Waals surface area contributed by atoms with Crippen LogP contribution >= 0.6 is 22.6 Å². The van der Waals surface area contributed by atoms with Gasteiger partial charge in [-0.05, 0) is 47.2 Å². The summed E-state index contributed by atoms with van der Waals surface area (Å²) in [6, 6.07) is 5.47. The second-order valence-corrected chi connectivity index (χ2v) is 4.40. The molecule has 0 aromatic heterocycles. The number of nitriles is 1. The van der Waals surface area contributed by atoms with Crippen molar-refractivity contribution in [2.45, 2.75) is 13.3 Å². The zero-order chi connectivity index (χ0) is 12.8. The van der Waals surface area contributed by atoms with Gasteiger partial charge in [0.25, 0.3) is 0 Å². The fourth-order valence-electron chi connectivity index (χ4n) is 1.37. The minimum Gasteiger partial charge on any atom is -0.496 e. The van der Waals surface area contributed by atoms with Crippen LogP contribution in [0.1, 0.15) is 18.1 Å². The molecule has 0 unspecified atom stereocenters. The van der Waals surface area contributed by atoms with E-state index >= 15 is 0 Å². The van der Waals surface area contributed by atoms with Gasteiger partial charge in [-0.2, -0.15) is 5.26 Å². The largest absolute Gasteiger partial charge is 0.496 e. The number of methoxy groups -OCH3 is 1. The van der Waals surface area contributed by atoms with Crippen LogP contribution in [-0.4, -0.2) is 19.7 Å². The van der Waals surface area contributed by atoms with Crippen molar-refractivity contribution in [1.29, 1.82) is 5.26 Å². The molecule has 90 valence electrons. The lowest BCUT2D eigenvalue weighted by Gasteiger charge is -2.08. The van der Waals surface area contributed by atoms with Crippen molar-refractivity contribution in [3.05, 3.63) is 26.8 Å². The predicted octanol–water partition coefficient (Wildman–Crippen LogP) is 2.28. The van der Waals surface area contributed by atoms with E-state index in [9.17, 15) is 4.79 Å². The van der Waals surface area contributed by atoms with Crippen LogP contribution in [-0.2, 0) is 16.0 Å². The van der Waals surface area contributed by atoms with Gasteiger partial charge in [-0.3, -0.25) is 4.79 Å². The smallest absolute Gasteiger partial charge is 0.310 e. The number of hydrogen-bond acceptors (Lipinski definition) is 4. The van der Waals surface area contributed by atoms with Gasteiger partial charge < -0.3 is 9.47 Å². The molecule has 1 aromatic carbocycles. The molecule has 1 rings (SSSR count). The molecule has 0 aliphatic heterocycles. The van der Waals surface area contributed by atoms with Crippen LogP contribution in [0.15, 0.2) is 12.1 Å². The molecular formula is C12H12INO3. The Balaban J connectivity index is 3.05. The number of carbonyl (C=O) groups is 1. The second kappa shape index (κ2) is 6.45. The fourth-order valence-corrected chi connectivity index (χ4v) is 2.06. The third-order valence-corrected chi connectivity index (χ3v) is 2.98. The summed E-state index contributed by atoms with van der Waals surface area (Å²) in [5, 5.41) is 9.00. The number of carbonyl (C=O) groups excluding carboxylic acids is 1. The summed E-state index contributed by atoms with van der Waals surface area (Å²) >= 11 is 2.08. The second-order valence-electron chi connectivity index (χ2n) is 3.24. The van der Waals surface area contributed by atoms with Crippen LogP contribution in [0, 0.1) is 14.9 Å². The molecule has 5 heteroatoms. The molecule has 0 spiro atoms. The molecule has 0 aliphatic rings. The molecule has 0 radical (unpaired) electrons.